The second kappa shape index (κ2) is 11.3. The number of hydrogen-bond donors (Lipinski definition) is 3. The third kappa shape index (κ3) is 4.39. The van der Waals surface area contributed by atoms with E-state index in [1.165, 1.54) is 6.92 Å². The molecule has 1 aromatic carbocycles. The van der Waals surface area contributed by atoms with Gasteiger partial charge in [0.2, 0.25) is 0 Å². The van der Waals surface area contributed by atoms with Gasteiger partial charge in [0.25, 0.3) is 5.97 Å². The number of esters is 2. The Hall–Kier alpha value is -2.38. The van der Waals surface area contributed by atoms with E-state index in [0.717, 1.165) is 38.5 Å². The fourth-order valence-electron chi connectivity index (χ4n) is 11.6. The van der Waals surface area contributed by atoms with Crippen molar-refractivity contribution in [2.75, 3.05) is 6.61 Å². The summed E-state index contributed by atoms with van der Waals surface area (Å²) in [5.74, 6) is -4.96. The molecule has 3 bridgehead atoms. The first-order valence-electron chi connectivity index (χ1n) is 18.2. The fourth-order valence-corrected chi connectivity index (χ4v) is 11.6. The average molecular weight is 683 g/mol. The van der Waals surface area contributed by atoms with Gasteiger partial charge in [0, 0.05) is 31.6 Å². The van der Waals surface area contributed by atoms with Crippen molar-refractivity contribution in [1.29, 1.82) is 0 Å². The number of hydrogen-bond acceptors (Lipinski definition) is 11. The summed E-state index contributed by atoms with van der Waals surface area (Å²) in [4.78, 5) is 26.6. The van der Waals surface area contributed by atoms with Crippen molar-refractivity contribution < 1.29 is 53.3 Å². The molecule has 0 aromatic heterocycles. The summed E-state index contributed by atoms with van der Waals surface area (Å²) >= 11 is 0. The predicted molar refractivity (Wildman–Crippen MR) is 173 cm³/mol. The Morgan fingerprint density at radius 1 is 0.980 bits per heavy atom. The Balaban J connectivity index is 1.37. The number of benzene rings is 1. The number of carbonyl (C=O) groups is 2. The molecule has 0 amide bonds. The molecule has 7 aliphatic rings. The van der Waals surface area contributed by atoms with E-state index in [4.69, 9.17) is 28.4 Å². The van der Waals surface area contributed by atoms with Crippen LogP contribution in [0.25, 0.3) is 0 Å². The van der Waals surface area contributed by atoms with Crippen LogP contribution in [0.1, 0.15) is 89.4 Å². The van der Waals surface area contributed by atoms with E-state index >= 15 is 0 Å². The quantitative estimate of drug-likeness (QED) is 0.236. The number of rotatable bonds is 5. The second-order valence-corrected chi connectivity index (χ2v) is 16.1. The minimum absolute atomic E-state index is 0.0105. The van der Waals surface area contributed by atoms with Gasteiger partial charge in [-0.15, -0.1) is 0 Å². The van der Waals surface area contributed by atoms with E-state index in [1.54, 1.807) is 30.3 Å². The lowest BCUT2D eigenvalue weighted by Gasteiger charge is -2.60. The number of fused-ring (bicyclic) bond motifs is 1. The van der Waals surface area contributed by atoms with Gasteiger partial charge in [-0.05, 0) is 48.8 Å². The molecule has 4 saturated heterocycles. The first kappa shape index (κ1) is 33.7. The van der Waals surface area contributed by atoms with Crippen molar-refractivity contribution in [3.8, 4) is 0 Å². The monoisotopic (exact) mass is 682 g/mol. The maximum atomic E-state index is 13.8. The van der Waals surface area contributed by atoms with Gasteiger partial charge < -0.3 is 43.7 Å². The van der Waals surface area contributed by atoms with Gasteiger partial charge >= 0.3 is 11.9 Å². The third-order valence-electron chi connectivity index (χ3n) is 13.5. The molecule has 2 spiro atoms. The summed E-state index contributed by atoms with van der Waals surface area (Å²) in [6, 6.07) is 8.59. The van der Waals surface area contributed by atoms with Crippen LogP contribution in [-0.4, -0.2) is 92.8 Å². The summed E-state index contributed by atoms with van der Waals surface area (Å²) in [5.41, 5.74) is -5.47. The highest BCUT2D eigenvalue weighted by molar-refractivity contribution is 5.89. The minimum Gasteiger partial charge on any atom is -0.459 e. The molecule has 8 rings (SSSR count). The van der Waals surface area contributed by atoms with Gasteiger partial charge in [-0.3, -0.25) is 4.79 Å². The van der Waals surface area contributed by atoms with Crippen molar-refractivity contribution in [1.82, 2.24) is 0 Å². The molecular formula is C38H50O11. The Kier molecular flexibility index (Phi) is 7.79. The topological polar surface area (TPSA) is 154 Å². The molecule has 49 heavy (non-hydrogen) atoms. The molecule has 1 aromatic rings. The molecule has 11 nitrogen and oxygen atoms in total. The number of carbonyl (C=O) groups excluding carboxylic acids is 2. The van der Waals surface area contributed by atoms with Crippen LogP contribution in [0.2, 0.25) is 0 Å². The third-order valence-corrected chi connectivity index (χ3v) is 13.5. The van der Waals surface area contributed by atoms with Gasteiger partial charge in [-0.25, -0.2) is 4.79 Å². The zero-order valence-corrected chi connectivity index (χ0v) is 28.8. The van der Waals surface area contributed by atoms with Crippen molar-refractivity contribution in [2.45, 2.75) is 138 Å². The molecule has 0 radical (unpaired) electrons. The van der Waals surface area contributed by atoms with Gasteiger partial charge in [0.05, 0.1) is 17.8 Å². The average Bonchev–Trinajstić information content (AvgIpc) is 3.69. The zero-order valence-electron chi connectivity index (χ0n) is 28.8. The normalized spacial score (nSPS) is 50.9. The molecule has 268 valence electrons. The lowest BCUT2D eigenvalue weighted by atomic mass is 9.54. The van der Waals surface area contributed by atoms with E-state index in [9.17, 15) is 24.9 Å². The number of epoxide rings is 1. The Morgan fingerprint density at radius 2 is 1.69 bits per heavy atom. The second-order valence-electron chi connectivity index (χ2n) is 16.1. The standard InChI is InChI=1S/C38H50O11/c1-20(2)38-25(44-23(5)40)18-34-27-30-35(19-39,46-30)33(42)37(43)28(34)26(22(4)29(37)45-32(41)24-15-11-9-12-16-24)21(3)14-10-7-6-8-13-17-36(48-34,49-38)47-31(27)38/h9,11-12,15-16,21-22,25-31,33,39,42-43H,1,6-8,10,13-14,17-19H2,2-5H3/t21-,22+,25-,26+,27+,28+,29+,30+,31-,33-,34-,35+,36+,37-,38+/m1/s1. The minimum atomic E-state index is -2.14. The Morgan fingerprint density at radius 3 is 2.39 bits per heavy atom. The van der Waals surface area contributed by atoms with Crippen molar-refractivity contribution >= 4 is 11.9 Å². The molecule has 3 N–H and O–H groups in total. The van der Waals surface area contributed by atoms with Gasteiger partial charge in [-0.1, -0.05) is 70.7 Å². The van der Waals surface area contributed by atoms with Crippen LogP contribution < -0.4 is 0 Å². The van der Waals surface area contributed by atoms with Crippen LogP contribution in [0.3, 0.4) is 0 Å². The van der Waals surface area contributed by atoms with Crippen LogP contribution in [-0.2, 0) is 33.2 Å². The van der Waals surface area contributed by atoms with Crippen LogP contribution in [0, 0.1) is 29.6 Å². The fraction of sp³-hybridized carbons (Fsp3) is 0.737. The lowest BCUT2D eigenvalue weighted by molar-refractivity contribution is -0.431. The number of aliphatic hydroxyl groups excluding tert-OH is 2. The molecule has 0 unspecified atom stereocenters. The van der Waals surface area contributed by atoms with Crippen molar-refractivity contribution in [2.24, 2.45) is 29.6 Å². The zero-order chi connectivity index (χ0) is 34.7. The van der Waals surface area contributed by atoms with Crippen LogP contribution in [0.4, 0.5) is 0 Å². The molecule has 4 aliphatic heterocycles. The van der Waals surface area contributed by atoms with E-state index in [2.05, 4.69) is 13.5 Å². The summed E-state index contributed by atoms with van der Waals surface area (Å²) in [6.45, 7) is 11.0. The molecular weight excluding hydrogens is 632 g/mol. The molecule has 4 heterocycles. The Labute approximate surface area is 287 Å². The van der Waals surface area contributed by atoms with Gasteiger partial charge in [-0.2, -0.15) is 0 Å². The van der Waals surface area contributed by atoms with Crippen LogP contribution in [0.15, 0.2) is 42.5 Å². The van der Waals surface area contributed by atoms with Gasteiger partial charge in [0.15, 0.2) is 5.60 Å². The van der Waals surface area contributed by atoms with Crippen LogP contribution in [0.5, 0.6) is 0 Å². The highest BCUT2D eigenvalue weighted by Crippen LogP contribution is 2.74. The van der Waals surface area contributed by atoms with E-state index in [1.807, 2.05) is 13.8 Å². The summed E-state index contributed by atoms with van der Waals surface area (Å²) in [7, 11) is 0. The molecule has 3 saturated carbocycles. The van der Waals surface area contributed by atoms with E-state index < -0.39 is 95.2 Å². The molecule has 3 aliphatic carbocycles. The largest absolute Gasteiger partial charge is 0.459 e. The molecule has 11 heteroatoms. The Bertz CT molecular complexity index is 1520. The molecule has 15 atom stereocenters. The summed E-state index contributed by atoms with van der Waals surface area (Å²) in [6.07, 6.45) is 0.733. The highest BCUT2D eigenvalue weighted by atomic mass is 16.9. The number of aliphatic hydroxyl groups is 3. The number of ether oxygens (including phenoxy) is 6. The smallest absolute Gasteiger partial charge is 0.338 e. The first-order valence-corrected chi connectivity index (χ1v) is 18.2. The van der Waals surface area contributed by atoms with Crippen molar-refractivity contribution in [3.63, 3.8) is 0 Å². The molecule has 7 fully saturated rings. The van der Waals surface area contributed by atoms with E-state index in [0.29, 0.717) is 17.6 Å². The summed E-state index contributed by atoms with van der Waals surface area (Å²) < 4.78 is 40.1. The SMILES string of the molecule is C=C(C)[C@@]12O[C@@]34CCCCCCC[C@@H](C)[C@H]5[C@H](C)[C@H](OC(=O)c6ccccc6)[C@@]6(O)[C@H](O)[C@@]7(CO)O[C@H]7[C@@H]([C@H]1O3)[C@@](C[C@H]2OC(C)=O)(O4)[C@H]56. The predicted octanol–water partition coefficient (Wildman–Crippen LogP) is 3.81. The first-order chi connectivity index (χ1) is 23.3. The lowest BCUT2D eigenvalue weighted by Crippen LogP contribution is -2.74. The highest BCUT2D eigenvalue weighted by Gasteiger charge is 2.90. The van der Waals surface area contributed by atoms with Crippen molar-refractivity contribution in [3.05, 3.63) is 48.0 Å². The summed E-state index contributed by atoms with van der Waals surface area (Å²) in [5, 5.41) is 37.1. The maximum absolute atomic E-state index is 13.8. The van der Waals surface area contributed by atoms with Gasteiger partial charge in [0.1, 0.15) is 41.7 Å². The van der Waals surface area contributed by atoms with Crippen LogP contribution >= 0.6 is 0 Å². The van der Waals surface area contributed by atoms with E-state index in [-0.39, 0.29) is 18.3 Å². The maximum Gasteiger partial charge on any atom is 0.338 e.